The van der Waals surface area contributed by atoms with Crippen LogP contribution >= 0.6 is 22.7 Å². The van der Waals surface area contributed by atoms with Crippen molar-refractivity contribution in [1.82, 2.24) is 0 Å². The molecular weight excluding hydrogens is 268 g/mol. The summed E-state index contributed by atoms with van der Waals surface area (Å²) in [6, 6.07) is 3.80. The molecule has 0 bridgehead atoms. The summed E-state index contributed by atoms with van der Waals surface area (Å²) in [5, 5.41) is 19.8. The number of rotatable bonds is 0. The lowest BCUT2D eigenvalue weighted by Gasteiger charge is -2.08. The lowest BCUT2D eigenvalue weighted by atomic mass is 10.1. The summed E-state index contributed by atoms with van der Waals surface area (Å²) in [5.41, 5.74) is 3.03. The molecular formula is C12H8N2O2S2. The minimum Gasteiger partial charge on any atom is -0.369 e. The number of carbonyl (C=O) groups excluding carboxylic acids is 1. The fraction of sp³-hybridized carbons (Fsp3) is 0.0833. The van der Waals surface area contributed by atoms with Gasteiger partial charge in [-0.15, -0.1) is 22.7 Å². The van der Waals surface area contributed by atoms with Crippen molar-refractivity contribution in [1.29, 1.82) is 0 Å². The third-order valence-electron chi connectivity index (χ3n) is 3.11. The van der Waals surface area contributed by atoms with Gasteiger partial charge in [-0.1, -0.05) is 0 Å². The Labute approximate surface area is 111 Å². The van der Waals surface area contributed by atoms with E-state index in [0.29, 0.717) is 11.1 Å². The highest BCUT2D eigenvalue weighted by molar-refractivity contribution is 7.13. The molecule has 0 aliphatic carbocycles. The smallest absolute Gasteiger partial charge is 0.257 e. The Bertz CT molecular complexity index is 699. The fourth-order valence-electron chi connectivity index (χ4n) is 2.36. The van der Waals surface area contributed by atoms with Crippen LogP contribution in [-0.4, -0.2) is 17.2 Å². The molecule has 0 fully saturated rings. The van der Waals surface area contributed by atoms with Gasteiger partial charge in [0.05, 0.1) is 26.7 Å². The lowest BCUT2D eigenvalue weighted by molar-refractivity contribution is -0.110. The number of aliphatic hydroxyl groups excluding tert-OH is 1. The number of anilines is 2. The van der Waals surface area contributed by atoms with Crippen LogP contribution in [0.25, 0.3) is 11.1 Å². The molecule has 4 nitrogen and oxygen atoms in total. The van der Waals surface area contributed by atoms with E-state index in [0.717, 1.165) is 21.1 Å². The van der Waals surface area contributed by atoms with Gasteiger partial charge in [-0.05, 0) is 22.9 Å². The zero-order chi connectivity index (χ0) is 12.3. The van der Waals surface area contributed by atoms with Gasteiger partial charge in [0, 0.05) is 5.57 Å². The van der Waals surface area contributed by atoms with Gasteiger partial charge in [0.25, 0.3) is 5.91 Å². The van der Waals surface area contributed by atoms with Crippen LogP contribution in [0.3, 0.4) is 0 Å². The monoisotopic (exact) mass is 276 g/mol. The Morgan fingerprint density at radius 1 is 1.11 bits per heavy atom. The molecule has 4 heterocycles. The highest BCUT2D eigenvalue weighted by Gasteiger charge is 2.36. The first kappa shape index (κ1) is 10.3. The molecule has 1 amide bonds. The molecule has 2 aliphatic heterocycles. The zero-order valence-corrected chi connectivity index (χ0v) is 10.7. The zero-order valence-electron chi connectivity index (χ0n) is 9.06. The van der Waals surface area contributed by atoms with Crippen molar-refractivity contribution in [3.63, 3.8) is 0 Å². The summed E-state index contributed by atoms with van der Waals surface area (Å²) < 4.78 is 0. The molecule has 2 aromatic rings. The highest BCUT2D eigenvalue weighted by atomic mass is 32.1. The largest absolute Gasteiger partial charge is 0.369 e. The standard InChI is InChI=1S/C12H8N2O2S2/c15-11-7(9-5(13-11)1-3-17-9)8-10-6(2-4-18-10)14-12(8)16/h1-4,11,13,15H,(H,14,16)/b8-7+. The first-order chi connectivity index (χ1) is 8.75. The van der Waals surface area contributed by atoms with Crippen molar-refractivity contribution < 1.29 is 9.90 Å². The number of hydrogen-bond acceptors (Lipinski definition) is 5. The third-order valence-corrected chi connectivity index (χ3v) is 4.99. The second-order valence-corrected chi connectivity index (χ2v) is 5.95. The number of amides is 1. The first-order valence-electron chi connectivity index (χ1n) is 5.41. The van der Waals surface area contributed by atoms with E-state index in [1.165, 1.54) is 22.7 Å². The van der Waals surface area contributed by atoms with E-state index >= 15 is 0 Å². The molecule has 4 rings (SSSR count). The van der Waals surface area contributed by atoms with Crippen molar-refractivity contribution in [3.8, 4) is 0 Å². The van der Waals surface area contributed by atoms with E-state index in [9.17, 15) is 9.90 Å². The maximum Gasteiger partial charge on any atom is 0.257 e. The Morgan fingerprint density at radius 3 is 2.67 bits per heavy atom. The van der Waals surface area contributed by atoms with E-state index in [-0.39, 0.29) is 5.91 Å². The number of nitrogens with one attached hydrogen (secondary N) is 2. The van der Waals surface area contributed by atoms with E-state index in [4.69, 9.17) is 0 Å². The quantitative estimate of drug-likeness (QED) is 0.648. The molecule has 90 valence electrons. The fourth-order valence-corrected chi connectivity index (χ4v) is 4.20. The van der Waals surface area contributed by atoms with Crippen molar-refractivity contribution >= 4 is 51.1 Å². The molecule has 0 aromatic carbocycles. The SMILES string of the molecule is O=C1Nc2ccsc2/C1=C1/c2sccc2NC1O. The summed E-state index contributed by atoms with van der Waals surface area (Å²) >= 11 is 3.05. The van der Waals surface area contributed by atoms with Crippen molar-refractivity contribution in [2.75, 3.05) is 10.6 Å². The highest BCUT2D eigenvalue weighted by Crippen LogP contribution is 2.47. The molecule has 0 saturated heterocycles. The van der Waals surface area contributed by atoms with Gasteiger partial charge in [-0.3, -0.25) is 4.79 Å². The van der Waals surface area contributed by atoms with Crippen LogP contribution in [-0.2, 0) is 4.79 Å². The van der Waals surface area contributed by atoms with Crippen molar-refractivity contribution in [2.45, 2.75) is 6.23 Å². The number of fused-ring (bicyclic) bond motifs is 2. The molecule has 0 spiro atoms. The maximum absolute atomic E-state index is 12.1. The molecule has 2 aromatic heterocycles. The average Bonchev–Trinajstić information content (AvgIpc) is 3.01. The first-order valence-corrected chi connectivity index (χ1v) is 7.17. The molecule has 0 radical (unpaired) electrons. The average molecular weight is 276 g/mol. The number of aliphatic hydroxyl groups is 1. The van der Waals surface area contributed by atoms with E-state index in [2.05, 4.69) is 10.6 Å². The van der Waals surface area contributed by atoms with Crippen LogP contribution < -0.4 is 10.6 Å². The van der Waals surface area contributed by atoms with E-state index in [1.54, 1.807) is 0 Å². The molecule has 18 heavy (non-hydrogen) atoms. The van der Waals surface area contributed by atoms with Gasteiger partial charge in [-0.25, -0.2) is 0 Å². The lowest BCUT2D eigenvalue weighted by Crippen LogP contribution is -2.16. The van der Waals surface area contributed by atoms with Gasteiger partial charge >= 0.3 is 0 Å². The Hall–Kier alpha value is -1.63. The minimum absolute atomic E-state index is 0.131. The Kier molecular flexibility index (Phi) is 1.97. The van der Waals surface area contributed by atoms with Crippen LogP contribution in [0.2, 0.25) is 0 Å². The predicted octanol–water partition coefficient (Wildman–Crippen LogP) is 2.42. The van der Waals surface area contributed by atoms with Gasteiger partial charge in [-0.2, -0.15) is 0 Å². The second kappa shape index (κ2) is 3.44. The predicted molar refractivity (Wildman–Crippen MR) is 73.7 cm³/mol. The van der Waals surface area contributed by atoms with Crippen molar-refractivity contribution in [2.24, 2.45) is 0 Å². The summed E-state index contributed by atoms with van der Waals surface area (Å²) in [4.78, 5) is 13.9. The topological polar surface area (TPSA) is 61.4 Å². The molecule has 0 saturated carbocycles. The van der Waals surface area contributed by atoms with Crippen LogP contribution in [0, 0.1) is 0 Å². The molecule has 2 aliphatic rings. The van der Waals surface area contributed by atoms with Gasteiger partial charge in [0.2, 0.25) is 0 Å². The Balaban J connectivity index is 2.02. The van der Waals surface area contributed by atoms with Crippen LogP contribution in [0.4, 0.5) is 11.4 Å². The van der Waals surface area contributed by atoms with Crippen LogP contribution in [0.5, 0.6) is 0 Å². The molecule has 1 atom stereocenters. The number of hydrogen-bond donors (Lipinski definition) is 3. The summed E-state index contributed by atoms with van der Waals surface area (Å²) in [7, 11) is 0. The molecule has 3 N–H and O–H groups in total. The van der Waals surface area contributed by atoms with Crippen LogP contribution in [0.1, 0.15) is 9.75 Å². The van der Waals surface area contributed by atoms with Gasteiger partial charge in [0.15, 0.2) is 6.23 Å². The van der Waals surface area contributed by atoms with Crippen molar-refractivity contribution in [3.05, 3.63) is 32.6 Å². The third kappa shape index (κ3) is 1.19. The van der Waals surface area contributed by atoms with Gasteiger partial charge < -0.3 is 15.7 Å². The molecule has 6 heteroatoms. The van der Waals surface area contributed by atoms with Crippen LogP contribution in [0.15, 0.2) is 22.9 Å². The summed E-state index contributed by atoms with van der Waals surface area (Å²) in [6.07, 6.45) is -0.804. The van der Waals surface area contributed by atoms with E-state index < -0.39 is 6.23 Å². The molecule has 1 unspecified atom stereocenters. The summed E-state index contributed by atoms with van der Waals surface area (Å²) in [6.45, 7) is 0. The number of thiophene rings is 2. The second-order valence-electron chi connectivity index (χ2n) is 4.12. The van der Waals surface area contributed by atoms with Gasteiger partial charge in [0.1, 0.15) is 0 Å². The summed E-state index contributed by atoms with van der Waals surface area (Å²) in [5.74, 6) is -0.131. The number of carbonyl (C=O) groups is 1. The Morgan fingerprint density at radius 2 is 1.83 bits per heavy atom. The normalized spacial score (nSPS) is 24.7. The maximum atomic E-state index is 12.1. The minimum atomic E-state index is -0.804. The van der Waals surface area contributed by atoms with E-state index in [1.807, 2.05) is 22.9 Å².